The molecule has 7 heteroatoms. The first kappa shape index (κ1) is 18.3. The van der Waals surface area contributed by atoms with Crippen LogP contribution in [0.5, 0.6) is 11.5 Å². The number of rotatable bonds is 3. The first-order valence-corrected chi connectivity index (χ1v) is 9.67. The van der Waals surface area contributed by atoms with Gasteiger partial charge in [-0.15, -0.1) is 0 Å². The highest BCUT2D eigenvalue weighted by atomic mass is 16.6. The second kappa shape index (κ2) is 8.29. The average molecular weight is 381 g/mol. The minimum atomic E-state index is -0.373. The minimum Gasteiger partial charge on any atom is -0.486 e. The molecule has 2 aliphatic heterocycles. The van der Waals surface area contributed by atoms with Gasteiger partial charge in [-0.1, -0.05) is 12.8 Å². The summed E-state index contributed by atoms with van der Waals surface area (Å²) in [7, 11) is 0. The molecule has 2 aliphatic rings. The summed E-state index contributed by atoms with van der Waals surface area (Å²) in [6.45, 7) is 2.52. The molecule has 0 bridgehead atoms. The molecule has 1 fully saturated rings. The van der Waals surface area contributed by atoms with Crippen molar-refractivity contribution < 1.29 is 19.1 Å². The molecule has 0 unspecified atom stereocenters. The fraction of sp³-hybridized carbons (Fsp3) is 0.381. The van der Waals surface area contributed by atoms with Crippen LogP contribution in [0.1, 0.15) is 46.5 Å². The van der Waals surface area contributed by atoms with E-state index in [0.29, 0.717) is 36.0 Å². The number of pyridine rings is 1. The number of carbonyl (C=O) groups is 2. The van der Waals surface area contributed by atoms with Crippen molar-refractivity contribution in [2.45, 2.75) is 25.7 Å². The van der Waals surface area contributed by atoms with Gasteiger partial charge in [0.05, 0.1) is 0 Å². The Labute approximate surface area is 163 Å². The molecule has 0 radical (unpaired) electrons. The maximum atomic E-state index is 12.8. The molecular weight excluding hydrogens is 358 g/mol. The topological polar surface area (TPSA) is 80.8 Å². The first-order valence-electron chi connectivity index (χ1n) is 9.67. The summed E-state index contributed by atoms with van der Waals surface area (Å²) in [5.41, 5.74) is 1.28. The van der Waals surface area contributed by atoms with Crippen molar-refractivity contribution in [3.63, 3.8) is 0 Å². The fourth-order valence-corrected chi connectivity index (χ4v) is 3.46. The maximum Gasteiger partial charge on any atom is 0.274 e. The van der Waals surface area contributed by atoms with Crippen LogP contribution in [0.25, 0.3) is 0 Å². The lowest BCUT2D eigenvalue weighted by atomic mass is 10.2. The number of likely N-dealkylation sites (tertiary alicyclic amines) is 1. The van der Waals surface area contributed by atoms with Gasteiger partial charge in [-0.3, -0.25) is 14.6 Å². The van der Waals surface area contributed by atoms with Crippen LogP contribution < -0.4 is 14.8 Å². The Morgan fingerprint density at radius 2 is 1.68 bits per heavy atom. The Morgan fingerprint density at radius 1 is 0.929 bits per heavy atom. The summed E-state index contributed by atoms with van der Waals surface area (Å²) < 4.78 is 11.0. The van der Waals surface area contributed by atoms with Crippen LogP contribution in [0.3, 0.4) is 0 Å². The van der Waals surface area contributed by atoms with Gasteiger partial charge in [-0.25, -0.2) is 0 Å². The van der Waals surface area contributed by atoms with Crippen molar-refractivity contribution in [1.29, 1.82) is 0 Å². The lowest BCUT2D eigenvalue weighted by Gasteiger charge is -2.20. The summed E-state index contributed by atoms with van der Waals surface area (Å²) in [6, 6.07) is 8.45. The van der Waals surface area contributed by atoms with E-state index in [1.807, 2.05) is 4.90 Å². The molecule has 1 N–H and O–H groups in total. The number of benzene rings is 1. The lowest BCUT2D eigenvalue weighted by Crippen LogP contribution is -2.32. The molecule has 0 spiro atoms. The Kier molecular flexibility index (Phi) is 5.41. The van der Waals surface area contributed by atoms with Crippen LogP contribution in [-0.2, 0) is 0 Å². The van der Waals surface area contributed by atoms with Crippen molar-refractivity contribution in [3.8, 4) is 11.5 Å². The number of carbonyl (C=O) groups excluding carboxylic acids is 2. The first-order chi connectivity index (χ1) is 13.7. The van der Waals surface area contributed by atoms with Crippen LogP contribution in [0.15, 0.2) is 36.5 Å². The van der Waals surface area contributed by atoms with Crippen molar-refractivity contribution >= 4 is 17.5 Å². The summed E-state index contributed by atoms with van der Waals surface area (Å²) in [4.78, 5) is 31.4. The fourth-order valence-electron chi connectivity index (χ4n) is 3.46. The normalized spacial score (nSPS) is 16.2. The Bertz CT molecular complexity index is 876. The van der Waals surface area contributed by atoms with E-state index >= 15 is 0 Å². The van der Waals surface area contributed by atoms with Crippen molar-refractivity contribution in [1.82, 2.24) is 9.88 Å². The zero-order valence-corrected chi connectivity index (χ0v) is 15.6. The third kappa shape index (κ3) is 4.08. The van der Waals surface area contributed by atoms with Gasteiger partial charge in [0.15, 0.2) is 11.5 Å². The number of amides is 2. The number of nitrogens with zero attached hydrogens (tertiary/aromatic N) is 2. The second-order valence-electron chi connectivity index (χ2n) is 6.95. The number of ether oxygens (including phenoxy) is 2. The summed E-state index contributed by atoms with van der Waals surface area (Å²) in [5.74, 6) is 0.842. The Morgan fingerprint density at radius 3 is 2.46 bits per heavy atom. The molecule has 7 nitrogen and oxygen atoms in total. The number of hydrogen-bond acceptors (Lipinski definition) is 5. The third-order valence-corrected chi connectivity index (χ3v) is 4.93. The highest BCUT2D eigenvalue weighted by Gasteiger charge is 2.19. The van der Waals surface area contributed by atoms with Crippen molar-refractivity contribution in [2.75, 3.05) is 31.6 Å². The minimum absolute atomic E-state index is 0.0438. The van der Waals surface area contributed by atoms with E-state index in [1.165, 1.54) is 6.20 Å². The molecular formula is C21H23N3O4. The van der Waals surface area contributed by atoms with E-state index in [-0.39, 0.29) is 17.5 Å². The van der Waals surface area contributed by atoms with Gasteiger partial charge in [0.1, 0.15) is 18.9 Å². The second-order valence-corrected chi connectivity index (χ2v) is 6.95. The van der Waals surface area contributed by atoms with Crippen molar-refractivity contribution in [2.24, 2.45) is 0 Å². The predicted octanol–water partition coefficient (Wildman–Crippen LogP) is 3.12. The molecule has 0 aliphatic carbocycles. The molecule has 4 rings (SSSR count). The van der Waals surface area contributed by atoms with Crippen LogP contribution >= 0.6 is 0 Å². The molecule has 2 aromatic rings. The molecule has 3 heterocycles. The Hall–Kier alpha value is -3.09. The van der Waals surface area contributed by atoms with Gasteiger partial charge in [0, 0.05) is 36.6 Å². The summed E-state index contributed by atoms with van der Waals surface area (Å²) >= 11 is 0. The molecule has 1 aromatic heterocycles. The van der Waals surface area contributed by atoms with Gasteiger partial charge in [-0.2, -0.15) is 0 Å². The summed E-state index contributed by atoms with van der Waals surface area (Å²) in [5, 5.41) is 2.80. The number of nitrogens with one attached hydrogen (secondary N) is 1. The quantitative estimate of drug-likeness (QED) is 0.884. The van der Waals surface area contributed by atoms with E-state index in [0.717, 1.165) is 38.8 Å². The SMILES string of the molecule is O=C(Nc1ccc2c(c1)OCCO2)c1cc(C(=O)N2CCCCCC2)ccn1. The number of fused-ring (bicyclic) bond motifs is 1. The predicted molar refractivity (Wildman–Crippen MR) is 104 cm³/mol. The highest BCUT2D eigenvalue weighted by Crippen LogP contribution is 2.32. The zero-order chi connectivity index (χ0) is 19.3. The highest BCUT2D eigenvalue weighted by molar-refractivity contribution is 6.04. The molecule has 1 saturated heterocycles. The van der Waals surface area contributed by atoms with Crippen molar-refractivity contribution in [3.05, 3.63) is 47.8 Å². The maximum absolute atomic E-state index is 12.8. The van der Waals surface area contributed by atoms with Gasteiger partial charge in [0.2, 0.25) is 0 Å². The van der Waals surface area contributed by atoms with E-state index in [4.69, 9.17) is 9.47 Å². The number of anilines is 1. The van der Waals surface area contributed by atoms with Gasteiger partial charge in [0.25, 0.3) is 11.8 Å². The van der Waals surface area contributed by atoms with Gasteiger partial charge < -0.3 is 19.7 Å². The molecule has 28 heavy (non-hydrogen) atoms. The van der Waals surface area contributed by atoms with Crippen LogP contribution in [0, 0.1) is 0 Å². The van der Waals surface area contributed by atoms with E-state index < -0.39 is 0 Å². The summed E-state index contributed by atoms with van der Waals surface area (Å²) in [6.07, 6.45) is 5.86. The number of aromatic nitrogens is 1. The lowest BCUT2D eigenvalue weighted by molar-refractivity contribution is 0.0761. The smallest absolute Gasteiger partial charge is 0.274 e. The van der Waals surface area contributed by atoms with E-state index in [2.05, 4.69) is 10.3 Å². The molecule has 146 valence electrons. The van der Waals surface area contributed by atoms with Gasteiger partial charge in [-0.05, 0) is 37.1 Å². The molecule has 0 atom stereocenters. The van der Waals surface area contributed by atoms with Crippen LogP contribution in [-0.4, -0.2) is 48.0 Å². The largest absolute Gasteiger partial charge is 0.486 e. The molecule has 2 amide bonds. The third-order valence-electron chi connectivity index (χ3n) is 4.93. The van der Waals surface area contributed by atoms with Crippen LogP contribution in [0.4, 0.5) is 5.69 Å². The van der Waals surface area contributed by atoms with E-state index in [1.54, 1.807) is 30.3 Å². The monoisotopic (exact) mass is 381 g/mol. The van der Waals surface area contributed by atoms with Crippen LogP contribution in [0.2, 0.25) is 0 Å². The average Bonchev–Trinajstić information content (AvgIpc) is 3.03. The molecule has 0 saturated carbocycles. The molecule has 1 aromatic carbocycles. The van der Waals surface area contributed by atoms with E-state index in [9.17, 15) is 9.59 Å². The van der Waals surface area contributed by atoms with Gasteiger partial charge >= 0.3 is 0 Å². The number of hydrogen-bond donors (Lipinski definition) is 1. The standard InChI is InChI=1S/C21H23N3O4/c25-20(23-16-5-6-18-19(14-16)28-12-11-27-18)17-13-15(7-8-22-17)21(26)24-9-3-1-2-4-10-24/h5-8,13-14H,1-4,9-12H2,(H,23,25). The Balaban J connectivity index is 1.47. The zero-order valence-electron chi connectivity index (χ0n) is 15.6.